The van der Waals surface area contributed by atoms with Gasteiger partial charge in [0, 0.05) is 22.5 Å². The molecular formula is C30H20N6O. The number of imidazole rings is 1. The molecule has 3 aromatic carbocycles. The Balaban J connectivity index is 1.62. The highest BCUT2D eigenvalue weighted by Gasteiger charge is 2.22. The third-order valence-corrected chi connectivity index (χ3v) is 6.82. The largest absolute Gasteiger partial charge is 0.347 e. The van der Waals surface area contributed by atoms with Crippen molar-refractivity contribution in [2.45, 2.75) is 19.3 Å². The number of rotatable bonds is 3. The first-order chi connectivity index (χ1) is 17.9. The van der Waals surface area contributed by atoms with E-state index >= 15 is 0 Å². The van der Waals surface area contributed by atoms with E-state index in [1.54, 1.807) is 18.3 Å². The molecular weight excluding hydrogens is 460 g/mol. The number of pyridine rings is 2. The van der Waals surface area contributed by atoms with Gasteiger partial charge >= 0.3 is 5.69 Å². The van der Waals surface area contributed by atoms with Crippen LogP contribution in [0.2, 0.25) is 0 Å². The highest BCUT2D eigenvalue weighted by molar-refractivity contribution is 6.05. The average Bonchev–Trinajstić information content (AvgIpc) is 3.23. The van der Waals surface area contributed by atoms with E-state index in [0.717, 1.165) is 37.5 Å². The van der Waals surface area contributed by atoms with Gasteiger partial charge in [0.1, 0.15) is 5.52 Å². The first-order valence-corrected chi connectivity index (χ1v) is 11.7. The number of fused-ring (bicyclic) bond motifs is 4. The third kappa shape index (κ3) is 3.45. The van der Waals surface area contributed by atoms with Crippen molar-refractivity contribution in [3.05, 3.63) is 101 Å². The Hall–Kier alpha value is -5.27. The summed E-state index contributed by atoms with van der Waals surface area (Å²) in [6.45, 7) is 3.69. The number of benzene rings is 3. The minimum absolute atomic E-state index is 0.426. The highest BCUT2D eigenvalue weighted by Crippen LogP contribution is 2.31. The van der Waals surface area contributed by atoms with Crippen LogP contribution in [-0.2, 0) is 5.41 Å². The molecule has 6 aromatic rings. The standard InChI is InChI=1S/C30H20N6O/c1-30(2,17-31)22-8-10-23(11-9-22)36-28-24-14-19(21-13-20-5-3-4-6-25(20)33-15-21)7-12-26(24)34-16-27(28)35(18-32)29(36)37/h3-16H,1-2H3. The molecule has 0 atom stereocenters. The highest BCUT2D eigenvalue weighted by atomic mass is 16.1. The zero-order valence-electron chi connectivity index (χ0n) is 20.2. The van der Waals surface area contributed by atoms with Crippen molar-refractivity contribution in [2.75, 3.05) is 0 Å². The molecule has 3 heterocycles. The minimum atomic E-state index is -0.663. The molecule has 0 spiro atoms. The lowest BCUT2D eigenvalue weighted by atomic mass is 9.86. The Morgan fingerprint density at radius 1 is 0.838 bits per heavy atom. The Kier molecular flexibility index (Phi) is 4.89. The zero-order chi connectivity index (χ0) is 25.7. The number of para-hydroxylation sites is 1. The van der Waals surface area contributed by atoms with Crippen LogP contribution in [0.1, 0.15) is 19.4 Å². The molecule has 0 bridgehead atoms. The van der Waals surface area contributed by atoms with Gasteiger partial charge in [-0.05, 0) is 61.4 Å². The van der Waals surface area contributed by atoms with Crippen LogP contribution in [0.5, 0.6) is 0 Å². The normalized spacial score (nSPS) is 11.6. The summed E-state index contributed by atoms with van der Waals surface area (Å²) in [5.74, 6) is 0. The molecule has 0 amide bonds. The molecule has 0 fully saturated rings. The summed E-state index contributed by atoms with van der Waals surface area (Å²) in [5.41, 5.74) is 4.81. The monoisotopic (exact) mass is 480 g/mol. The van der Waals surface area contributed by atoms with Crippen LogP contribution in [0.4, 0.5) is 0 Å². The summed E-state index contributed by atoms with van der Waals surface area (Å²) in [5, 5.41) is 21.1. The van der Waals surface area contributed by atoms with Crippen LogP contribution in [0, 0.1) is 22.8 Å². The van der Waals surface area contributed by atoms with Gasteiger partial charge in [0.05, 0.1) is 39.9 Å². The molecule has 0 saturated heterocycles. The molecule has 6 rings (SSSR count). The first kappa shape index (κ1) is 22.2. The molecule has 37 heavy (non-hydrogen) atoms. The van der Waals surface area contributed by atoms with Gasteiger partial charge in [-0.1, -0.05) is 36.4 Å². The van der Waals surface area contributed by atoms with Crippen molar-refractivity contribution in [1.29, 1.82) is 10.5 Å². The number of aromatic nitrogens is 4. The molecule has 0 N–H and O–H groups in total. The van der Waals surface area contributed by atoms with Crippen molar-refractivity contribution in [3.8, 4) is 29.1 Å². The molecule has 0 aliphatic rings. The lowest BCUT2D eigenvalue weighted by molar-refractivity contribution is 0.686. The van der Waals surface area contributed by atoms with E-state index in [-0.39, 0.29) is 0 Å². The Morgan fingerprint density at radius 3 is 2.35 bits per heavy atom. The topological polar surface area (TPSA) is 100 Å². The smallest absolute Gasteiger partial charge is 0.259 e. The first-order valence-electron chi connectivity index (χ1n) is 11.7. The molecule has 0 saturated carbocycles. The molecule has 0 unspecified atom stereocenters. The lowest BCUT2D eigenvalue weighted by Gasteiger charge is -2.16. The second kappa shape index (κ2) is 8.15. The maximum atomic E-state index is 13.4. The lowest BCUT2D eigenvalue weighted by Crippen LogP contribution is -2.21. The van der Waals surface area contributed by atoms with Crippen LogP contribution in [0.25, 0.3) is 49.7 Å². The molecule has 176 valence electrons. The molecule has 7 heteroatoms. The molecule has 0 aliphatic carbocycles. The molecule has 0 radical (unpaired) electrons. The van der Waals surface area contributed by atoms with Crippen molar-refractivity contribution < 1.29 is 0 Å². The summed E-state index contributed by atoms with van der Waals surface area (Å²) in [4.78, 5) is 22.5. The summed E-state index contributed by atoms with van der Waals surface area (Å²) in [7, 11) is 0. The average molecular weight is 481 g/mol. The van der Waals surface area contributed by atoms with E-state index in [4.69, 9.17) is 0 Å². The summed E-state index contributed by atoms with van der Waals surface area (Å²) >= 11 is 0. The van der Waals surface area contributed by atoms with Crippen LogP contribution in [0.3, 0.4) is 0 Å². The maximum Gasteiger partial charge on any atom is 0.347 e. The summed E-state index contributed by atoms with van der Waals surface area (Å²) in [6, 6.07) is 25.5. The molecule has 3 aromatic heterocycles. The minimum Gasteiger partial charge on any atom is -0.259 e. The fourth-order valence-electron chi connectivity index (χ4n) is 4.70. The Morgan fingerprint density at radius 2 is 1.59 bits per heavy atom. The molecule has 7 nitrogen and oxygen atoms in total. The van der Waals surface area contributed by atoms with Gasteiger partial charge in [0.2, 0.25) is 0 Å². The Bertz CT molecular complexity index is 2000. The summed E-state index contributed by atoms with van der Waals surface area (Å²) < 4.78 is 2.59. The summed E-state index contributed by atoms with van der Waals surface area (Å²) in [6.07, 6.45) is 5.39. The SMILES string of the molecule is CC(C)(C#N)c1ccc(-n2c(=O)n(C#N)c3cnc4ccc(-c5cnc6ccccc6c5)cc4c32)cc1. The van der Waals surface area contributed by atoms with E-state index in [1.165, 1.54) is 4.57 Å². The Labute approximate surface area is 212 Å². The number of nitrogens with zero attached hydrogens (tertiary/aromatic N) is 6. The van der Waals surface area contributed by atoms with Crippen LogP contribution >= 0.6 is 0 Å². The maximum absolute atomic E-state index is 13.4. The van der Waals surface area contributed by atoms with Crippen LogP contribution in [0.15, 0.2) is 90.0 Å². The van der Waals surface area contributed by atoms with Gasteiger partial charge in [-0.15, -0.1) is 0 Å². The predicted molar refractivity (Wildman–Crippen MR) is 143 cm³/mol. The fraction of sp³-hybridized carbons (Fsp3) is 0.100. The van der Waals surface area contributed by atoms with Gasteiger partial charge in [0.25, 0.3) is 0 Å². The van der Waals surface area contributed by atoms with E-state index in [1.807, 2.05) is 80.8 Å². The quantitative estimate of drug-likeness (QED) is 0.324. The van der Waals surface area contributed by atoms with Gasteiger partial charge < -0.3 is 0 Å². The number of nitriles is 2. The van der Waals surface area contributed by atoms with Gasteiger partial charge in [-0.3, -0.25) is 14.5 Å². The van der Waals surface area contributed by atoms with E-state index < -0.39 is 11.1 Å². The second-order valence-corrected chi connectivity index (χ2v) is 9.48. The predicted octanol–water partition coefficient (Wildman–Crippen LogP) is 5.69. The van der Waals surface area contributed by atoms with E-state index in [0.29, 0.717) is 22.2 Å². The van der Waals surface area contributed by atoms with Crippen molar-refractivity contribution in [2.24, 2.45) is 0 Å². The van der Waals surface area contributed by atoms with Gasteiger partial charge in [-0.2, -0.15) is 15.1 Å². The van der Waals surface area contributed by atoms with Crippen LogP contribution < -0.4 is 5.69 Å². The van der Waals surface area contributed by atoms with E-state index in [2.05, 4.69) is 22.1 Å². The zero-order valence-corrected chi connectivity index (χ0v) is 20.2. The van der Waals surface area contributed by atoms with E-state index in [9.17, 15) is 15.3 Å². The molecule has 0 aliphatic heterocycles. The fourth-order valence-corrected chi connectivity index (χ4v) is 4.70. The van der Waals surface area contributed by atoms with Crippen LogP contribution in [-0.4, -0.2) is 19.1 Å². The third-order valence-electron chi connectivity index (χ3n) is 6.82. The second-order valence-electron chi connectivity index (χ2n) is 9.48. The number of hydrogen-bond acceptors (Lipinski definition) is 5. The van der Waals surface area contributed by atoms with Gasteiger partial charge in [-0.25, -0.2) is 4.79 Å². The number of hydrogen-bond donors (Lipinski definition) is 0. The van der Waals surface area contributed by atoms with Crippen molar-refractivity contribution in [1.82, 2.24) is 19.1 Å². The van der Waals surface area contributed by atoms with Gasteiger partial charge in [0.15, 0.2) is 6.19 Å². The van der Waals surface area contributed by atoms with Crippen molar-refractivity contribution >= 4 is 32.8 Å². The van der Waals surface area contributed by atoms with Crippen molar-refractivity contribution in [3.63, 3.8) is 0 Å².